The molecule has 1 aromatic carbocycles. The van der Waals surface area contributed by atoms with Crippen LogP contribution >= 0.6 is 22.7 Å². The molecule has 1 aliphatic heterocycles. The van der Waals surface area contributed by atoms with Crippen molar-refractivity contribution < 1.29 is 5.11 Å². The number of rotatable bonds is 3. The van der Waals surface area contributed by atoms with E-state index in [1.807, 2.05) is 46.8 Å². The molecule has 0 saturated carbocycles. The quantitative estimate of drug-likeness (QED) is 0.664. The van der Waals surface area contributed by atoms with Gasteiger partial charge in [-0.25, -0.2) is 4.98 Å². The number of hydrogen-bond donors (Lipinski definition) is 2. The molecule has 2 aromatic heterocycles. The first-order valence-electron chi connectivity index (χ1n) is 7.91. The van der Waals surface area contributed by atoms with Crippen LogP contribution < -0.4 is 4.90 Å². The summed E-state index contributed by atoms with van der Waals surface area (Å²) in [5.41, 5.74) is 4.69. The van der Waals surface area contributed by atoms with E-state index in [4.69, 9.17) is 5.41 Å². The summed E-state index contributed by atoms with van der Waals surface area (Å²) in [6.45, 7) is 4.42. The Hall–Kier alpha value is -2.44. The number of aliphatic hydroxyl groups excluding tert-OH is 1. The van der Waals surface area contributed by atoms with E-state index in [1.165, 1.54) is 16.9 Å². The molecule has 3 aromatic rings. The SMILES string of the molecule is Cc1cccc(N2CC(O)=C(c3nc(-c4cccs4)cs3)C2=N)c1C. The number of anilines is 1. The van der Waals surface area contributed by atoms with Gasteiger partial charge in [0.05, 0.1) is 22.7 Å². The van der Waals surface area contributed by atoms with Crippen molar-refractivity contribution in [1.29, 1.82) is 5.41 Å². The standard InChI is InChI=1S/C19H17N3OS2/c1-11-5-3-6-14(12(11)2)22-9-15(23)17(18(22)20)19-21-13(10-25-19)16-7-4-8-24-16/h3-8,10,20,23H,9H2,1-2H3. The number of nitrogens with zero attached hydrogens (tertiary/aromatic N) is 2. The van der Waals surface area contributed by atoms with Crippen molar-refractivity contribution in [2.45, 2.75) is 13.8 Å². The van der Waals surface area contributed by atoms with Crippen LogP contribution in [0.15, 0.2) is 46.9 Å². The minimum Gasteiger partial charge on any atom is -0.510 e. The summed E-state index contributed by atoms with van der Waals surface area (Å²) in [5.74, 6) is 0.510. The summed E-state index contributed by atoms with van der Waals surface area (Å²) in [5, 5.41) is 23.8. The highest BCUT2D eigenvalue weighted by Gasteiger charge is 2.32. The summed E-state index contributed by atoms with van der Waals surface area (Å²) in [6.07, 6.45) is 0. The zero-order valence-corrected chi connectivity index (χ0v) is 15.5. The summed E-state index contributed by atoms with van der Waals surface area (Å²) in [6, 6.07) is 10.1. The lowest BCUT2D eigenvalue weighted by molar-refractivity contribution is 0.411. The van der Waals surface area contributed by atoms with Gasteiger partial charge < -0.3 is 10.0 Å². The fraction of sp³-hybridized carbons (Fsp3) is 0.158. The van der Waals surface area contributed by atoms with Gasteiger partial charge in [0.1, 0.15) is 16.6 Å². The molecular formula is C19H17N3OS2. The first-order valence-corrected chi connectivity index (χ1v) is 9.66. The Kier molecular flexibility index (Phi) is 3.94. The third kappa shape index (κ3) is 2.67. The number of thiazole rings is 1. The Morgan fingerprint density at radius 2 is 2.00 bits per heavy atom. The van der Waals surface area contributed by atoms with Gasteiger partial charge in [-0.2, -0.15) is 0 Å². The van der Waals surface area contributed by atoms with E-state index in [1.54, 1.807) is 11.3 Å². The van der Waals surface area contributed by atoms with Gasteiger partial charge >= 0.3 is 0 Å². The molecule has 3 heterocycles. The van der Waals surface area contributed by atoms with Gasteiger partial charge in [0, 0.05) is 11.1 Å². The molecule has 0 radical (unpaired) electrons. The molecule has 0 atom stereocenters. The first-order chi connectivity index (χ1) is 12.1. The molecule has 0 fully saturated rings. The van der Waals surface area contributed by atoms with Gasteiger partial charge in [-0.05, 0) is 42.5 Å². The highest BCUT2D eigenvalue weighted by atomic mass is 32.1. The highest BCUT2D eigenvalue weighted by Crippen LogP contribution is 2.36. The monoisotopic (exact) mass is 367 g/mol. The van der Waals surface area contributed by atoms with Crippen LogP contribution in [-0.2, 0) is 0 Å². The molecule has 126 valence electrons. The maximum atomic E-state index is 10.5. The van der Waals surface area contributed by atoms with Crippen molar-refractivity contribution in [3.8, 4) is 10.6 Å². The number of benzene rings is 1. The van der Waals surface area contributed by atoms with E-state index in [0.717, 1.165) is 21.8 Å². The molecule has 2 N–H and O–H groups in total. The van der Waals surface area contributed by atoms with Gasteiger partial charge in [-0.3, -0.25) is 5.41 Å². The number of thiophene rings is 1. The molecule has 1 aliphatic rings. The Bertz CT molecular complexity index is 986. The number of nitrogens with one attached hydrogen (secondary N) is 1. The molecule has 0 amide bonds. The number of hydrogen-bond acceptors (Lipinski definition) is 5. The number of amidine groups is 1. The van der Waals surface area contributed by atoms with Crippen molar-refractivity contribution in [2.24, 2.45) is 0 Å². The summed E-state index contributed by atoms with van der Waals surface area (Å²) in [4.78, 5) is 7.59. The van der Waals surface area contributed by atoms with Crippen LogP contribution in [0.4, 0.5) is 5.69 Å². The second-order valence-electron chi connectivity index (χ2n) is 5.99. The molecule has 25 heavy (non-hydrogen) atoms. The van der Waals surface area contributed by atoms with Crippen LogP contribution in [0, 0.1) is 19.3 Å². The highest BCUT2D eigenvalue weighted by molar-refractivity contribution is 7.14. The number of aryl methyl sites for hydroxylation is 1. The number of aromatic nitrogens is 1. The van der Waals surface area contributed by atoms with E-state index < -0.39 is 0 Å². The van der Waals surface area contributed by atoms with Gasteiger partial charge in [0.15, 0.2) is 0 Å². The van der Waals surface area contributed by atoms with Crippen molar-refractivity contribution in [3.63, 3.8) is 0 Å². The molecule has 0 spiro atoms. The van der Waals surface area contributed by atoms with Crippen LogP contribution in [-0.4, -0.2) is 22.5 Å². The van der Waals surface area contributed by atoms with Crippen LogP contribution in [0.5, 0.6) is 0 Å². The van der Waals surface area contributed by atoms with Crippen molar-refractivity contribution in [1.82, 2.24) is 4.98 Å². The van der Waals surface area contributed by atoms with Crippen LogP contribution in [0.1, 0.15) is 16.1 Å². The van der Waals surface area contributed by atoms with Gasteiger partial charge in [0.25, 0.3) is 0 Å². The molecule has 0 saturated heterocycles. The second-order valence-corrected chi connectivity index (χ2v) is 7.80. The van der Waals surface area contributed by atoms with Gasteiger partial charge in [0.2, 0.25) is 0 Å². The van der Waals surface area contributed by atoms with E-state index in [-0.39, 0.29) is 5.76 Å². The van der Waals surface area contributed by atoms with Crippen molar-refractivity contribution >= 4 is 39.8 Å². The Labute approximate surface area is 154 Å². The second kappa shape index (κ2) is 6.13. The molecule has 6 heteroatoms. The van der Waals surface area contributed by atoms with E-state index in [0.29, 0.717) is 23.0 Å². The summed E-state index contributed by atoms with van der Waals surface area (Å²) >= 11 is 3.10. The predicted octanol–water partition coefficient (Wildman–Crippen LogP) is 5.26. The van der Waals surface area contributed by atoms with Crippen molar-refractivity contribution in [3.05, 3.63) is 63.0 Å². The maximum Gasteiger partial charge on any atom is 0.139 e. The minimum absolute atomic E-state index is 0.206. The molecule has 0 aliphatic carbocycles. The van der Waals surface area contributed by atoms with Crippen LogP contribution in [0.3, 0.4) is 0 Å². The minimum atomic E-state index is 0.206. The topological polar surface area (TPSA) is 60.2 Å². The van der Waals surface area contributed by atoms with Crippen LogP contribution in [0.25, 0.3) is 16.1 Å². The summed E-state index contributed by atoms with van der Waals surface area (Å²) in [7, 11) is 0. The zero-order valence-electron chi connectivity index (χ0n) is 13.9. The molecule has 4 nitrogen and oxygen atoms in total. The molecule has 4 rings (SSSR count). The Morgan fingerprint density at radius 3 is 2.76 bits per heavy atom. The molecular weight excluding hydrogens is 350 g/mol. The van der Waals surface area contributed by atoms with Crippen molar-refractivity contribution in [2.75, 3.05) is 11.4 Å². The van der Waals surface area contributed by atoms with E-state index in [9.17, 15) is 5.11 Å². The van der Waals surface area contributed by atoms with E-state index >= 15 is 0 Å². The van der Waals surface area contributed by atoms with Gasteiger partial charge in [-0.15, -0.1) is 22.7 Å². The normalized spacial score (nSPS) is 14.6. The maximum absolute atomic E-state index is 10.5. The average Bonchev–Trinajstić information content (AvgIpc) is 3.30. The molecule has 0 bridgehead atoms. The lowest BCUT2D eigenvalue weighted by Crippen LogP contribution is -2.27. The smallest absolute Gasteiger partial charge is 0.139 e. The first kappa shape index (κ1) is 16.1. The van der Waals surface area contributed by atoms with Gasteiger partial charge in [-0.1, -0.05) is 18.2 Å². The van der Waals surface area contributed by atoms with Crippen LogP contribution in [0.2, 0.25) is 0 Å². The molecule has 0 unspecified atom stereocenters. The predicted molar refractivity (Wildman–Crippen MR) is 106 cm³/mol. The largest absolute Gasteiger partial charge is 0.510 e. The lowest BCUT2D eigenvalue weighted by Gasteiger charge is -2.21. The Morgan fingerprint density at radius 1 is 1.16 bits per heavy atom. The third-order valence-electron chi connectivity index (χ3n) is 4.46. The number of aliphatic hydroxyl groups is 1. The van der Waals surface area contributed by atoms with E-state index in [2.05, 4.69) is 18.0 Å². The fourth-order valence-electron chi connectivity index (χ4n) is 2.96. The Balaban J connectivity index is 1.69. The zero-order chi connectivity index (χ0) is 17.6. The fourth-order valence-corrected chi connectivity index (χ4v) is 4.61. The lowest BCUT2D eigenvalue weighted by atomic mass is 10.1. The average molecular weight is 367 g/mol. The summed E-state index contributed by atoms with van der Waals surface area (Å²) < 4.78 is 0. The third-order valence-corrected chi connectivity index (χ3v) is 6.21.